The van der Waals surface area contributed by atoms with Gasteiger partial charge in [0.1, 0.15) is 12.1 Å². The maximum atomic E-state index is 5.62. The first-order chi connectivity index (χ1) is 11.5. The second-order valence-electron chi connectivity index (χ2n) is 6.41. The van der Waals surface area contributed by atoms with Gasteiger partial charge in [0.05, 0.1) is 27.4 Å². The lowest BCUT2D eigenvalue weighted by Crippen LogP contribution is -2.38. The van der Waals surface area contributed by atoms with Crippen molar-refractivity contribution < 1.29 is 14.2 Å². The lowest BCUT2D eigenvalue weighted by atomic mass is 9.96. The van der Waals surface area contributed by atoms with Crippen LogP contribution in [-0.2, 0) is 33.8 Å². The van der Waals surface area contributed by atoms with Crippen LogP contribution >= 0.6 is 15.9 Å². The third-order valence-electron chi connectivity index (χ3n) is 4.51. The Labute approximate surface area is 151 Å². The zero-order chi connectivity index (χ0) is 17.3. The lowest BCUT2D eigenvalue weighted by Gasteiger charge is -2.27. The molecule has 0 saturated carbocycles. The maximum absolute atomic E-state index is 5.62. The van der Waals surface area contributed by atoms with E-state index >= 15 is 0 Å². The minimum absolute atomic E-state index is 0.0832. The Kier molecular flexibility index (Phi) is 5.25. The average Bonchev–Trinajstić information content (AvgIpc) is 3.07. The Morgan fingerprint density at radius 3 is 2.50 bits per heavy atom. The van der Waals surface area contributed by atoms with Crippen LogP contribution in [0.25, 0.3) is 0 Å². The predicted octanol–water partition coefficient (Wildman–Crippen LogP) is 3.52. The van der Waals surface area contributed by atoms with Crippen LogP contribution in [0.2, 0.25) is 0 Å². The molecule has 0 amide bonds. The van der Waals surface area contributed by atoms with Crippen molar-refractivity contribution in [1.82, 2.24) is 0 Å². The van der Waals surface area contributed by atoms with Crippen molar-refractivity contribution in [2.75, 3.05) is 14.2 Å². The smallest absolute Gasteiger partial charge is 0.209 e. The molecule has 0 spiro atoms. The number of rotatable bonds is 3. The van der Waals surface area contributed by atoms with E-state index in [0.717, 1.165) is 10.9 Å². The lowest BCUT2D eigenvalue weighted by molar-refractivity contribution is 0.134. The molecule has 2 atom stereocenters. The highest BCUT2D eigenvalue weighted by Gasteiger charge is 2.32. The van der Waals surface area contributed by atoms with E-state index in [-0.39, 0.29) is 12.1 Å². The van der Waals surface area contributed by atoms with Gasteiger partial charge in [-0.3, -0.25) is 0 Å². The summed E-state index contributed by atoms with van der Waals surface area (Å²) in [4.78, 5) is 9.52. The standard InChI is InChI=1S/C18H23BrN2O3/c1-10(2)16-18(23-4)20-15(17(21-16)22-3)7-11-5-6-14(19)13-9-24-8-12(11)13/h5-6,10,15-16H,7-9H2,1-4H3/t15-,16+/m0/s1. The van der Waals surface area contributed by atoms with E-state index in [2.05, 4.69) is 41.9 Å². The van der Waals surface area contributed by atoms with Crippen LogP contribution in [0.5, 0.6) is 0 Å². The largest absolute Gasteiger partial charge is 0.483 e. The third kappa shape index (κ3) is 3.22. The van der Waals surface area contributed by atoms with Gasteiger partial charge in [0.15, 0.2) is 0 Å². The first-order valence-corrected chi connectivity index (χ1v) is 8.94. The van der Waals surface area contributed by atoms with Crippen LogP contribution in [0.4, 0.5) is 0 Å². The van der Waals surface area contributed by atoms with Crippen LogP contribution in [0.1, 0.15) is 30.5 Å². The summed E-state index contributed by atoms with van der Waals surface area (Å²) in [6, 6.07) is 3.96. The minimum Gasteiger partial charge on any atom is -0.483 e. The van der Waals surface area contributed by atoms with E-state index in [1.54, 1.807) is 14.2 Å². The van der Waals surface area contributed by atoms with Crippen LogP contribution < -0.4 is 0 Å². The molecule has 6 heteroatoms. The molecule has 5 nitrogen and oxygen atoms in total. The summed E-state index contributed by atoms with van der Waals surface area (Å²) in [5.74, 6) is 1.66. The van der Waals surface area contributed by atoms with Crippen molar-refractivity contribution in [3.8, 4) is 0 Å². The molecular weight excluding hydrogens is 372 g/mol. The Balaban J connectivity index is 1.91. The fraction of sp³-hybridized carbons (Fsp3) is 0.556. The molecule has 130 valence electrons. The van der Waals surface area contributed by atoms with E-state index < -0.39 is 0 Å². The molecular formula is C18H23BrN2O3. The summed E-state index contributed by atoms with van der Waals surface area (Å²) in [7, 11) is 3.31. The number of hydrogen-bond acceptors (Lipinski definition) is 5. The molecule has 0 fully saturated rings. The van der Waals surface area contributed by atoms with Crippen molar-refractivity contribution in [2.45, 2.75) is 45.6 Å². The normalized spacial score (nSPS) is 22.9. The Morgan fingerprint density at radius 2 is 1.83 bits per heavy atom. The number of halogens is 1. The van der Waals surface area contributed by atoms with Crippen LogP contribution in [0.3, 0.4) is 0 Å². The molecule has 2 aliphatic rings. The van der Waals surface area contributed by atoms with Gasteiger partial charge in [-0.15, -0.1) is 0 Å². The second-order valence-corrected chi connectivity index (χ2v) is 7.26. The topological polar surface area (TPSA) is 52.4 Å². The van der Waals surface area contributed by atoms with Crippen LogP contribution in [0, 0.1) is 5.92 Å². The molecule has 0 bridgehead atoms. The molecule has 24 heavy (non-hydrogen) atoms. The Bertz CT molecular complexity index is 685. The van der Waals surface area contributed by atoms with Gasteiger partial charge in [-0.2, -0.15) is 0 Å². The number of methoxy groups -OCH3 is 2. The summed E-state index contributed by atoms with van der Waals surface area (Å²) in [5.41, 5.74) is 3.71. The monoisotopic (exact) mass is 394 g/mol. The summed E-state index contributed by atoms with van der Waals surface area (Å²) < 4.78 is 17.8. The van der Waals surface area contributed by atoms with Crippen LogP contribution in [-0.4, -0.2) is 38.1 Å². The van der Waals surface area contributed by atoms with Gasteiger partial charge >= 0.3 is 0 Å². The molecule has 0 N–H and O–H groups in total. The number of hydrogen-bond donors (Lipinski definition) is 0. The van der Waals surface area contributed by atoms with E-state index in [4.69, 9.17) is 24.2 Å². The predicted molar refractivity (Wildman–Crippen MR) is 97.6 cm³/mol. The number of benzene rings is 1. The molecule has 0 radical (unpaired) electrons. The molecule has 0 unspecified atom stereocenters. The zero-order valence-electron chi connectivity index (χ0n) is 14.5. The summed E-state index contributed by atoms with van der Waals surface area (Å²) in [6.07, 6.45) is 0.726. The van der Waals surface area contributed by atoms with Crippen molar-refractivity contribution in [2.24, 2.45) is 15.9 Å². The highest BCUT2D eigenvalue weighted by atomic mass is 79.9. The number of nitrogens with zero attached hydrogens (tertiary/aromatic N) is 2. The van der Waals surface area contributed by atoms with Crippen molar-refractivity contribution in [1.29, 1.82) is 0 Å². The van der Waals surface area contributed by atoms with Gasteiger partial charge in [-0.1, -0.05) is 35.8 Å². The summed E-state index contributed by atoms with van der Waals surface area (Å²) in [5, 5.41) is 0. The minimum atomic E-state index is -0.161. The van der Waals surface area contributed by atoms with Crippen molar-refractivity contribution in [3.05, 3.63) is 33.3 Å². The first-order valence-electron chi connectivity index (χ1n) is 8.15. The first kappa shape index (κ1) is 17.4. The van der Waals surface area contributed by atoms with E-state index in [1.807, 2.05) is 0 Å². The van der Waals surface area contributed by atoms with Crippen LogP contribution in [0.15, 0.2) is 26.6 Å². The molecule has 1 aromatic carbocycles. The number of aliphatic imine (C=N–C) groups is 2. The molecule has 0 aromatic heterocycles. The van der Waals surface area contributed by atoms with Crippen molar-refractivity contribution >= 4 is 27.7 Å². The quantitative estimate of drug-likeness (QED) is 0.787. The SMILES string of the molecule is COC1=N[C@H](C(C)C)C(OC)=N[C@H]1Cc1ccc(Br)c2c1COC2. The van der Waals surface area contributed by atoms with Gasteiger partial charge in [0.25, 0.3) is 0 Å². The van der Waals surface area contributed by atoms with Gasteiger partial charge in [0.2, 0.25) is 11.8 Å². The van der Waals surface area contributed by atoms with Crippen molar-refractivity contribution in [3.63, 3.8) is 0 Å². The van der Waals surface area contributed by atoms with Gasteiger partial charge in [-0.05, 0) is 28.7 Å². The van der Waals surface area contributed by atoms with Gasteiger partial charge in [0, 0.05) is 10.9 Å². The molecule has 0 aliphatic carbocycles. The molecule has 1 aromatic rings. The maximum Gasteiger partial charge on any atom is 0.209 e. The van der Waals surface area contributed by atoms with E-state index in [0.29, 0.717) is 30.9 Å². The Hall–Kier alpha value is -1.40. The third-order valence-corrected chi connectivity index (χ3v) is 5.26. The summed E-state index contributed by atoms with van der Waals surface area (Å²) >= 11 is 3.60. The van der Waals surface area contributed by atoms with Gasteiger partial charge < -0.3 is 14.2 Å². The average molecular weight is 395 g/mol. The number of fused-ring (bicyclic) bond motifs is 1. The summed E-state index contributed by atoms with van der Waals surface area (Å²) in [6.45, 7) is 5.51. The fourth-order valence-electron chi connectivity index (χ4n) is 3.20. The fourth-order valence-corrected chi connectivity index (χ4v) is 3.68. The Morgan fingerprint density at radius 1 is 1.12 bits per heavy atom. The molecule has 2 aliphatic heterocycles. The number of ether oxygens (including phenoxy) is 3. The second kappa shape index (κ2) is 7.23. The molecule has 0 saturated heterocycles. The zero-order valence-corrected chi connectivity index (χ0v) is 16.1. The van der Waals surface area contributed by atoms with Gasteiger partial charge in [-0.25, -0.2) is 9.98 Å². The molecule has 3 rings (SSSR count). The van der Waals surface area contributed by atoms with E-state index in [9.17, 15) is 0 Å². The molecule has 2 heterocycles. The highest BCUT2D eigenvalue weighted by molar-refractivity contribution is 9.10. The van der Waals surface area contributed by atoms with E-state index in [1.165, 1.54) is 16.7 Å². The highest BCUT2D eigenvalue weighted by Crippen LogP contribution is 2.32.